The highest BCUT2D eigenvalue weighted by molar-refractivity contribution is 5.94. The molecular formula is C11H9N5O2. The molecule has 3 heterocycles. The van der Waals surface area contributed by atoms with Crippen LogP contribution in [0.3, 0.4) is 0 Å². The van der Waals surface area contributed by atoms with Gasteiger partial charge in [-0.15, -0.1) is 0 Å². The summed E-state index contributed by atoms with van der Waals surface area (Å²) in [5, 5.41) is 17.4. The van der Waals surface area contributed by atoms with Crippen molar-refractivity contribution in [1.82, 2.24) is 24.4 Å². The first kappa shape index (κ1) is 10.5. The molecule has 7 nitrogen and oxygen atoms in total. The molecule has 0 saturated carbocycles. The number of hydrogen-bond donors (Lipinski definition) is 1. The standard InChI is InChI=1S/C11H9N5O2/c1-15-10(7(6-13-15)11(17)18)8-5-9-12-3-2-4-16(9)14-8/h2-6H,1H3,(H,17,18). The van der Waals surface area contributed by atoms with Crippen LogP contribution in [0.25, 0.3) is 17.0 Å². The van der Waals surface area contributed by atoms with Crippen molar-refractivity contribution in [2.24, 2.45) is 7.05 Å². The highest BCUT2D eigenvalue weighted by Gasteiger charge is 2.19. The monoisotopic (exact) mass is 243 g/mol. The van der Waals surface area contributed by atoms with Crippen LogP contribution in [0.2, 0.25) is 0 Å². The van der Waals surface area contributed by atoms with Crippen LogP contribution < -0.4 is 0 Å². The van der Waals surface area contributed by atoms with E-state index in [9.17, 15) is 4.79 Å². The summed E-state index contributed by atoms with van der Waals surface area (Å²) in [5.74, 6) is -1.02. The second-order valence-corrected chi connectivity index (χ2v) is 3.79. The zero-order valence-corrected chi connectivity index (χ0v) is 9.48. The molecule has 3 aromatic heterocycles. The SMILES string of the molecule is Cn1ncc(C(=O)O)c1-c1cc2ncccn2n1. The lowest BCUT2D eigenvalue weighted by Gasteiger charge is -1.98. The van der Waals surface area contributed by atoms with Gasteiger partial charge in [0, 0.05) is 25.5 Å². The molecule has 0 fully saturated rings. The summed E-state index contributed by atoms with van der Waals surface area (Å²) in [4.78, 5) is 15.3. The Morgan fingerprint density at radius 1 is 1.44 bits per heavy atom. The number of fused-ring (bicyclic) bond motifs is 1. The first-order chi connectivity index (χ1) is 8.66. The lowest BCUT2D eigenvalue weighted by atomic mass is 10.2. The third-order valence-corrected chi connectivity index (χ3v) is 2.65. The fraction of sp³-hybridized carbons (Fsp3) is 0.0909. The van der Waals surface area contributed by atoms with Crippen molar-refractivity contribution in [3.8, 4) is 11.4 Å². The maximum atomic E-state index is 11.1. The molecule has 0 atom stereocenters. The number of hydrogen-bond acceptors (Lipinski definition) is 4. The largest absolute Gasteiger partial charge is 0.478 e. The summed E-state index contributed by atoms with van der Waals surface area (Å²) in [7, 11) is 1.68. The Morgan fingerprint density at radius 2 is 2.28 bits per heavy atom. The third kappa shape index (κ3) is 1.45. The average molecular weight is 243 g/mol. The summed E-state index contributed by atoms with van der Waals surface area (Å²) in [5.41, 5.74) is 1.78. The van der Waals surface area contributed by atoms with E-state index in [-0.39, 0.29) is 5.56 Å². The number of aromatic carboxylic acids is 1. The molecule has 90 valence electrons. The van der Waals surface area contributed by atoms with Gasteiger partial charge in [0.1, 0.15) is 17.0 Å². The Bertz CT molecular complexity index is 710. The van der Waals surface area contributed by atoms with Crippen LogP contribution in [0.5, 0.6) is 0 Å². The van der Waals surface area contributed by atoms with E-state index in [2.05, 4.69) is 15.2 Å². The zero-order chi connectivity index (χ0) is 12.7. The van der Waals surface area contributed by atoms with Gasteiger partial charge in [0.25, 0.3) is 0 Å². The molecule has 0 unspecified atom stereocenters. The van der Waals surface area contributed by atoms with Crippen LogP contribution in [-0.4, -0.2) is 35.5 Å². The summed E-state index contributed by atoms with van der Waals surface area (Å²) < 4.78 is 3.08. The van der Waals surface area contributed by atoms with Crippen LogP contribution in [0, 0.1) is 0 Å². The normalized spacial score (nSPS) is 10.9. The van der Waals surface area contributed by atoms with Gasteiger partial charge in [-0.3, -0.25) is 4.68 Å². The Labute approximate surface area is 101 Å². The maximum absolute atomic E-state index is 11.1. The van der Waals surface area contributed by atoms with Crippen LogP contribution in [0.4, 0.5) is 0 Å². The van der Waals surface area contributed by atoms with Gasteiger partial charge in [0.05, 0.1) is 6.20 Å². The van der Waals surface area contributed by atoms with Crippen molar-refractivity contribution in [2.45, 2.75) is 0 Å². The zero-order valence-electron chi connectivity index (χ0n) is 9.48. The maximum Gasteiger partial charge on any atom is 0.339 e. The third-order valence-electron chi connectivity index (χ3n) is 2.65. The smallest absolute Gasteiger partial charge is 0.339 e. The molecule has 0 aromatic carbocycles. The molecule has 0 amide bonds. The van der Waals surface area contributed by atoms with Gasteiger partial charge < -0.3 is 5.11 Å². The quantitative estimate of drug-likeness (QED) is 0.720. The lowest BCUT2D eigenvalue weighted by molar-refractivity contribution is 0.0697. The van der Waals surface area contributed by atoms with Crippen molar-refractivity contribution >= 4 is 11.6 Å². The van der Waals surface area contributed by atoms with E-state index >= 15 is 0 Å². The number of carboxylic acid groups (broad SMARTS) is 1. The number of nitrogens with zero attached hydrogens (tertiary/aromatic N) is 5. The van der Waals surface area contributed by atoms with Gasteiger partial charge in [0.2, 0.25) is 0 Å². The van der Waals surface area contributed by atoms with Crippen molar-refractivity contribution < 1.29 is 9.90 Å². The summed E-state index contributed by atoms with van der Waals surface area (Å²) in [6.45, 7) is 0. The molecule has 0 aliphatic rings. The first-order valence-corrected chi connectivity index (χ1v) is 5.23. The molecular weight excluding hydrogens is 234 g/mol. The molecule has 18 heavy (non-hydrogen) atoms. The van der Waals surface area contributed by atoms with E-state index in [0.717, 1.165) is 0 Å². The highest BCUT2D eigenvalue weighted by atomic mass is 16.4. The van der Waals surface area contributed by atoms with Crippen molar-refractivity contribution in [3.63, 3.8) is 0 Å². The van der Waals surface area contributed by atoms with Crippen LogP contribution in [0.15, 0.2) is 30.7 Å². The Balaban J connectivity index is 2.25. The topological polar surface area (TPSA) is 85.3 Å². The molecule has 3 rings (SSSR count). The van der Waals surface area contributed by atoms with E-state index in [0.29, 0.717) is 17.0 Å². The van der Waals surface area contributed by atoms with Crippen LogP contribution in [-0.2, 0) is 7.05 Å². The van der Waals surface area contributed by atoms with E-state index in [1.165, 1.54) is 10.9 Å². The summed E-state index contributed by atoms with van der Waals surface area (Å²) in [6, 6.07) is 3.48. The fourth-order valence-electron chi connectivity index (χ4n) is 1.84. The number of carboxylic acids is 1. The van der Waals surface area contributed by atoms with Gasteiger partial charge in [-0.1, -0.05) is 0 Å². The van der Waals surface area contributed by atoms with Crippen molar-refractivity contribution in [3.05, 3.63) is 36.3 Å². The molecule has 0 radical (unpaired) electrons. The fourth-order valence-corrected chi connectivity index (χ4v) is 1.84. The first-order valence-electron chi connectivity index (χ1n) is 5.23. The predicted molar refractivity (Wildman–Crippen MR) is 62.1 cm³/mol. The number of aromatic nitrogens is 5. The minimum absolute atomic E-state index is 0.126. The molecule has 7 heteroatoms. The van der Waals surface area contributed by atoms with E-state index in [1.54, 1.807) is 36.1 Å². The average Bonchev–Trinajstić information content (AvgIpc) is 2.91. The highest BCUT2D eigenvalue weighted by Crippen LogP contribution is 2.22. The summed E-state index contributed by atoms with van der Waals surface area (Å²) >= 11 is 0. The van der Waals surface area contributed by atoms with Gasteiger partial charge in [-0.05, 0) is 6.07 Å². The molecule has 3 aromatic rings. The Kier molecular flexibility index (Phi) is 2.12. The number of rotatable bonds is 2. The Hall–Kier alpha value is -2.70. The molecule has 0 bridgehead atoms. The second-order valence-electron chi connectivity index (χ2n) is 3.79. The lowest BCUT2D eigenvalue weighted by Crippen LogP contribution is -2.01. The van der Waals surface area contributed by atoms with Gasteiger partial charge in [-0.25, -0.2) is 14.3 Å². The van der Waals surface area contributed by atoms with Crippen LogP contribution >= 0.6 is 0 Å². The van der Waals surface area contributed by atoms with Crippen LogP contribution in [0.1, 0.15) is 10.4 Å². The minimum Gasteiger partial charge on any atom is -0.478 e. The van der Waals surface area contributed by atoms with Crippen molar-refractivity contribution in [2.75, 3.05) is 0 Å². The Morgan fingerprint density at radius 3 is 3.00 bits per heavy atom. The number of aryl methyl sites for hydroxylation is 1. The van der Waals surface area contributed by atoms with E-state index in [1.807, 2.05) is 0 Å². The van der Waals surface area contributed by atoms with E-state index < -0.39 is 5.97 Å². The molecule has 0 saturated heterocycles. The summed E-state index contributed by atoms with van der Waals surface area (Å²) in [6.07, 6.45) is 4.72. The number of carbonyl (C=O) groups is 1. The van der Waals surface area contributed by atoms with E-state index in [4.69, 9.17) is 5.11 Å². The van der Waals surface area contributed by atoms with Gasteiger partial charge >= 0.3 is 5.97 Å². The predicted octanol–water partition coefficient (Wildman–Crippen LogP) is 0.828. The van der Waals surface area contributed by atoms with Gasteiger partial charge in [-0.2, -0.15) is 10.2 Å². The molecule has 1 N–H and O–H groups in total. The molecule has 0 aliphatic heterocycles. The minimum atomic E-state index is -1.02. The van der Waals surface area contributed by atoms with Gasteiger partial charge in [0.15, 0.2) is 5.65 Å². The molecule has 0 spiro atoms. The molecule has 0 aliphatic carbocycles. The van der Waals surface area contributed by atoms with Crippen molar-refractivity contribution in [1.29, 1.82) is 0 Å². The second kappa shape index (κ2) is 3.66.